The molecule has 4 heteroatoms. The van der Waals surface area contributed by atoms with E-state index in [9.17, 15) is 0 Å². The summed E-state index contributed by atoms with van der Waals surface area (Å²) < 4.78 is 5.36. The molecule has 4 nitrogen and oxygen atoms in total. The predicted octanol–water partition coefficient (Wildman–Crippen LogP) is 3.01. The van der Waals surface area contributed by atoms with Crippen molar-refractivity contribution >= 4 is 10.9 Å². The van der Waals surface area contributed by atoms with Crippen LogP contribution in [0.25, 0.3) is 10.9 Å². The summed E-state index contributed by atoms with van der Waals surface area (Å²) in [6.07, 6.45) is 1.55. The lowest BCUT2D eigenvalue weighted by Gasteiger charge is -2.54. The average Bonchev–Trinajstić information content (AvgIpc) is 2.41. The zero-order valence-corrected chi connectivity index (χ0v) is 13.5. The maximum atomic E-state index is 5.36. The zero-order chi connectivity index (χ0) is 15.3. The highest BCUT2D eigenvalue weighted by molar-refractivity contribution is 5.84. The summed E-state index contributed by atoms with van der Waals surface area (Å²) in [4.78, 5) is 11.0. The molecule has 0 N–H and O–H groups in total. The largest absolute Gasteiger partial charge is 0.480 e. The van der Waals surface area contributed by atoms with Crippen molar-refractivity contribution in [3.8, 4) is 5.88 Å². The lowest BCUT2D eigenvalue weighted by Crippen LogP contribution is -2.63. The molecule has 0 bridgehead atoms. The quantitative estimate of drug-likeness (QED) is 0.850. The SMILES string of the molecule is COc1ncnc2ccc(C3(C)CN(C(C)(C)C)C3)cc12. The Balaban J connectivity index is 1.95. The molecule has 2 heterocycles. The number of methoxy groups -OCH3 is 1. The molecular formula is C17H23N3O. The summed E-state index contributed by atoms with van der Waals surface area (Å²) in [6, 6.07) is 6.45. The first-order valence-electron chi connectivity index (χ1n) is 7.38. The van der Waals surface area contributed by atoms with Gasteiger partial charge in [-0.3, -0.25) is 4.90 Å². The minimum atomic E-state index is 0.197. The van der Waals surface area contributed by atoms with Gasteiger partial charge in [-0.15, -0.1) is 0 Å². The summed E-state index contributed by atoms with van der Waals surface area (Å²) >= 11 is 0. The average molecular weight is 285 g/mol. The minimum Gasteiger partial charge on any atom is -0.480 e. The van der Waals surface area contributed by atoms with E-state index in [1.807, 2.05) is 0 Å². The van der Waals surface area contributed by atoms with Crippen LogP contribution in [0.15, 0.2) is 24.5 Å². The molecule has 0 atom stereocenters. The number of ether oxygens (including phenoxy) is 1. The van der Waals surface area contributed by atoms with Gasteiger partial charge < -0.3 is 4.74 Å². The molecule has 1 aliphatic rings. The molecule has 0 aliphatic carbocycles. The third-order valence-electron chi connectivity index (χ3n) is 4.52. The number of hydrogen-bond acceptors (Lipinski definition) is 4. The topological polar surface area (TPSA) is 38.3 Å². The minimum absolute atomic E-state index is 0.197. The van der Waals surface area contributed by atoms with Gasteiger partial charge in [-0.05, 0) is 38.5 Å². The first kappa shape index (κ1) is 14.3. The van der Waals surface area contributed by atoms with Gasteiger partial charge in [-0.2, -0.15) is 0 Å². The first-order valence-corrected chi connectivity index (χ1v) is 7.38. The summed E-state index contributed by atoms with van der Waals surface area (Å²) in [6.45, 7) is 11.3. The number of fused-ring (bicyclic) bond motifs is 1. The maximum absolute atomic E-state index is 5.36. The van der Waals surface area contributed by atoms with Crippen LogP contribution in [-0.4, -0.2) is 40.6 Å². The van der Waals surface area contributed by atoms with Gasteiger partial charge in [0.1, 0.15) is 6.33 Å². The molecule has 1 aromatic heterocycles. The zero-order valence-electron chi connectivity index (χ0n) is 13.5. The molecule has 21 heavy (non-hydrogen) atoms. The molecule has 112 valence electrons. The van der Waals surface area contributed by atoms with E-state index in [0.717, 1.165) is 24.0 Å². The standard InChI is InChI=1S/C17H23N3O/c1-16(2,3)20-9-17(4,10-20)12-6-7-14-13(8-12)15(21-5)19-11-18-14/h6-8,11H,9-10H2,1-5H3. The molecule has 0 unspecified atom stereocenters. The van der Waals surface area contributed by atoms with Gasteiger partial charge in [0, 0.05) is 24.0 Å². The van der Waals surface area contributed by atoms with E-state index in [0.29, 0.717) is 5.88 Å². The second-order valence-corrected chi connectivity index (χ2v) is 7.20. The molecule has 0 spiro atoms. The van der Waals surface area contributed by atoms with Crippen LogP contribution in [0.4, 0.5) is 0 Å². The smallest absolute Gasteiger partial charge is 0.224 e. The molecule has 1 aromatic carbocycles. The normalized spacial score (nSPS) is 18.5. The second-order valence-electron chi connectivity index (χ2n) is 7.20. The van der Waals surface area contributed by atoms with Crippen molar-refractivity contribution in [1.82, 2.24) is 14.9 Å². The lowest BCUT2D eigenvalue weighted by molar-refractivity contribution is -0.00165. The Morgan fingerprint density at radius 3 is 2.52 bits per heavy atom. The Hall–Kier alpha value is -1.68. The van der Waals surface area contributed by atoms with Crippen molar-refractivity contribution in [3.63, 3.8) is 0 Å². The summed E-state index contributed by atoms with van der Waals surface area (Å²) in [5.41, 5.74) is 2.70. The number of hydrogen-bond donors (Lipinski definition) is 0. The fourth-order valence-corrected chi connectivity index (χ4v) is 3.02. The molecule has 0 saturated carbocycles. The highest BCUT2D eigenvalue weighted by Crippen LogP contribution is 2.39. The Labute approximate surface area is 126 Å². The van der Waals surface area contributed by atoms with E-state index in [1.54, 1.807) is 13.4 Å². The van der Waals surface area contributed by atoms with E-state index in [4.69, 9.17) is 4.74 Å². The van der Waals surface area contributed by atoms with Gasteiger partial charge in [0.15, 0.2) is 0 Å². The van der Waals surface area contributed by atoms with Crippen molar-refractivity contribution in [2.24, 2.45) is 0 Å². The van der Waals surface area contributed by atoms with E-state index in [2.05, 4.69) is 60.8 Å². The van der Waals surface area contributed by atoms with Crippen molar-refractivity contribution in [1.29, 1.82) is 0 Å². The van der Waals surface area contributed by atoms with E-state index in [-0.39, 0.29) is 11.0 Å². The van der Waals surface area contributed by atoms with Crippen LogP contribution < -0.4 is 4.74 Å². The Bertz CT molecular complexity index is 669. The second kappa shape index (κ2) is 4.67. The number of rotatable bonds is 2. The molecule has 1 fully saturated rings. The molecule has 2 aromatic rings. The summed E-state index contributed by atoms with van der Waals surface area (Å²) in [5, 5.41) is 0.993. The number of aromatic nitrogens is 2. The number of likely N-dealkylation sites (tertiary alicyclic amines) is 1. The highest BCUT2D eigenvalue weighted by atomic mass is 16.5. The van der Waals surface area contributed by atoms with Gasteiger partial charge in [0.25, 0.3) is 0 Å². The van der Waals surface area contributed by atoms with Crippen LogP contribution in [0.2, 0.25) is 0 Å². The Morgan fingerprint density at radius 2 is 1.90 bits per heavy atom. The third-order valence-corrected chi connectivity index (χ3v) is 4.52. The highest BCUT2D eigenvalue weighted by Gasteiger charge is 2.44. The van der Waals surface area contributed by atoms with Crippen molar-refractivity contribution in [2.45, 2.75) is 38.6 Å². The van der Waals surface area contributed by atoms with Gasteiger partial charge >= 0.3 is 0 Å². The monoisotopic (exact) mass is 285 g/mol. The van der Waals surface area contributed by atoms with Crippen LogP contribution in [-0.2, 0) is 5.41 Å². The van der Waals surface area contributed by atoms with E-state index < -0.39 is 0 Å². The van der Waals surface area contributed by atoms with Crippen LogP contribution in [0.3, 0.4) is 0 Å². The van der Waals surface area contributed by atoms with Gasteiger partial charge in [-0.1, -0.05) is 13.0 Å². The first-order chi connectivity index (χ1) is 9.83. The van der Waals surface area contributed by atoms with Crippen LogP contribution in [0, 0.1) is 0 Å². The number of nitrogens with zero attached hydrogens (tertiary/aromatic N) is 3. The molecular weight excluding hydrogens is 262 g/mol. The summed E-state index contributed by atoms with van der Waals surface area (Å²) in [7, 11) is 1.65. The fraction of sp³-hybridized carbons (Fsp3) is 0.529. The third kappa shape index (κ3) is 2.38. The predicted molar refractivity (Wildman–Crippen MR) is 84.8 cm³/mol. The van der Waals surface area contributed by atoms with Crippen molar-refractivity contribution in [3.05, 3.63) is 30.1 Å². The fourth-order valence-electron chi connectivity index (χ4n) is 3.02. The molecule has 0 radical (unpaired) electrons. The van der Waals surface area contributed by atoms with E-state index in [1.165, 1.54) is 5.56 Å². The van der Waals surface area contributed by atoms with E-state index >= 15 is 0 Å². The molecule has 1 saturated heterocycles. The van der Waals surface area contributed by atoms with Crippen LogP contribution in [0.5, 0.6) is 5.88 Å². The molecule has 3 rings (SSSR count). The maximum Gasteiger partial charge on any atom is 0.224 e. The summed E-state index contributed by atoms with van der Waals surface area (Å²) in [5.74, 6) is 0.650. The van der Waals surface area contributed by atoms with Gasteiger partial charge in [0.2, 0.25) is 5.88 Å². The van der Waals surface area contributed by atoms with Crippen LogP contribution in [0.1, 0.15) is 33.3 Å². The van der Waals surface area contributed by atoms with Crippen LogP contribution >= 0.6 is 0 Å². The van der Waals surface area contributed by atoms with Gasteiger partial charge in [-0.25, -0.2) is 9.97 Å². The Kier molecular flexibility index (Phi) is 3.17. The lowest BCUT2D eigenvalue weighted by atomic mass is 9.73. The van der Waals surface area contributed by atoms with Crippen molar-refractivity contribution < 1.29 is 4.74 Å². The van der Waals surface area contributed by atoms with Crippen molar-refractivity contribution in [2.75, 3.05) is 20.2 Å². The van der Waals surface area contributed by atoms with Gasteiger partial charge in [0.05, 0.1) is 18.0 Å². The molecule has 0 amide bonds. The Morgan fingerprint density at radius 1 is 1.19 bits per heavy atom. The number of benzene rings is 1. The molecule has 1 aliphatic heterocycles.